The number of amides is 1. The van der Waals surface area contributed by atoms with Crippen LogP contribution in [0.2, 0.25) is 0 Å². The van der Waals surface area contributed by atoms with Gasteiger partial charge in [-0.2, -0.15) is 17.6 Å². The van der Waals surface area contributed by atoms with Gasteiger partial charge in [-0.15, -0.1) is 0 Å². The summed E-state index contributed by atoms with van der Waals surface area (Å²) in [6.45, 7) is -2.15. The molecule has 1 atom stereocenters. The van der Waals surface area contributed by atoms with Crippen LogP contribution in [0.15, 0.2) is 36.4 Å². The van der Waals surface area contributed by atoms with Crippen molar-refractivity contribution in [2.24, 2.45) is 0 Å². The third kappa shape index (κ3) is 4.59. The zero-order chi connectivity index (χ0) is 23.0. The van der Waals surface area contributed by atoms with Gasteiger partial charge in [-0.25, -0.2) is 0 Å². The van der Waals surface area contributed by atoms with E-state index in [1.165, 1.54) is 24.3 Å². The zero-order valence-corrected chi connectivity index (χ0v) is 17.3. The van der Waals surface area contributed by atoms with Crippen LogP contribution in [0.4, 0.5) is 17.6 Å². The minimum Gasteiger partial charge on any atom is -0.434 e. The summed E-state index contributed by atoms with van der Waals surface area (Å²) in [4.78, 5) is 12.7. The molecule has 1 amide bonds. The van der Waals surface area contributed by atoms with Crippen molar-refractivity contribution in [2.75, 3.05) is 6.61 Å². The Morgan fingerprint density at radius 1 is 1.22 bits per heavy atom. The van der Waals surface area contributed by atoms with E-state index in [1.54, 1.807) is 19.1 Å². The van der Waals surface area contributed by atoms with E-state index in [0.717, 1.165) is 5.56 Å². The molecule has 172 valence electrons. The molecule has 9 heteroatoms. The summed E-state index contributed by atoms with van der Waals surface area (Å²) in [5.41, 5.74) is 1.36. The molecule has 2 N–H and O–H groups in total. The van der Waals surface area contributed by atoms with Crippen molar-refractivity contribution >= 4 is 5.91 Å². The molecule has 1 aliphatic carbocycles. The minimum atomic E-state index is -3.12. The molecule has 0 unspecified atom stereocenters. The van der Waals surface area contributed by atoms with Crippen LogP contribution in [0.5, 0.6) is 5.75 Å². The molecule has 1 aliphatic heterocycles. The highest BCUT2D eigenvalue weighted by Gasteiger charge is 2.38. The SMILES string of the molecule is C[C@H](NC(=O)c1ccc2c(c1)COCC2(F)F)c1ccc(C2CC(O)C2)cc1OC(F)F. The van der Waals surface area contributed by atoms with Crippen molar-refractivity contribution < 1.29 is 36.9 Å². The molecule has 2 aliphatic rings. The van der Waals surface area contributed by atoms with Gasteiger partial charge < -0.3 is 19.9 Å². The van der Waals surface area contributed by atoms with Crippen molar-refractivity contribution in [2.45, 2.75) is 57.0 Å². The molecule has 0 spiro atoms. The Labute approximate surface area is 182 Å². The van der Waals surface area contributed by atoms with Crippen molar-refractivity contribution in [1.29, 1.82) is 0 Å². The second-order valence-electron chi connectivity index (χ2n) is 8.26. The summed E-state index contributed by atoms with van der Waals surface area (Å²) < 4.78 is 63.4. The van der Waals surface area contributed by atoms with Gasteiger partial charge in [-0.3, -0.25) is 4.79 Å². The van der Waals surface area contributed by atoms with Gasteiger partial charge in [0.15, 0.2) is 0 Å². The van der Waals surface area contributed by atoms with Crippen LogP contribution in [0.1, 0.15) is 64.3 Å². The molecular formula is C23H23F4NO4. The topological polar surface area (TPSA) is 67.8 Å². The summed E-state index contributed by atoms with van der Waals surface area (Å²) in [5.74, 6) is -3.64. The first-order valence-corrected chi connectivity index (χ1v) is 10.3. The van der Waals surface area contributed by atoms with Gasteiger partial charge in [0.2, 0.25) is 0 Å². The number of halogens is 4. The number of aliphatic hydroxyl groups excluding tert-OH is 1. The molecule has 0 bridgehead atoms. The van der Waals surface area contributed by atoms with Crippen molar-refractivity contribution in [3.63, 3.8) is 0 Å². The lowest BCUT2D eigenvalue weighted by Crippen LogP contribution is -2.30. The Balaban J connectivity index is 1.53. The maximum Gasteiger partial charge on any atom is 0.387 e. The highest BCUT2D eigenvalue weighted by molar-refractivity contribution is 5.94. The van der Waals surface area contributed by atoms with Gasteiger partial charge in [0.25, 0.3) is 11.8 Å². The third-order valence-corrected chi connectivity index (χ3v) is 5.95. The number of hydrogen-bond donors (Lipinski definition) is 2. The summed E-state index contributed by atoms with van der Waals surface area (Å²) in [6.07, 6.45) is 0.723. The lowest BCUT2D eigenvalue weighted by molar-refractivity contribution is -0.103. The van der Waals surface area contributed by atoms with Crippen LogP contribution in [-0.2, 0) is 17.3 Å². The lowest BCUT2D eigenvalue weighted by atomic mass is 9.77. The van der Waals surface area contributed by atoms with Crippen LogP contribution in [0, 0.1) is 0 Å². The molecule has 0 saturated heterocycles. The number of hydrogen-bond acceptors (Lipinski definition) is 4. The number of aliphatic hydroxyl groups is 1. The number of benzene rings is 2. The predicted octanol–water partition coefficient (Wildman–Crippen LogP) is 4.64. The van der Waals surface area contributed by atoms with E-state index < -0.39 is 31.1 Å². The number of ether oxygens (including phenoxy) is 2. The molecule has 1 saturated carbocycles. The molecule has 0 aromatic heterocycles. The average molecular weight is 453 g/mol. The van der Waals surface area contributed by atoms with Crippen LogP contribution >= 0.6 is 0 Å². The van der Waals surface area contributed by atoms with Gasteiger partial charge in [0.1, 0.15) is 12.4 Å². The first-order valence-electron chi connectivity index (χ1n) is 10.3. The molecular weight excluding hydrogens is 430 g/mol. The Bertz CT molecular complexity index is 1010. The van der Waals surface area contributed by atoms with Gasteiger partial charge >= 0.3 is 6.61 Å². The molecule has 2 aromatic carbocycles. The molecule has 32 heavy (non-hydrogen) atoms. The zero-order valence-electron chi connectivity index (χ0n) is 17.3. The van der Waals surface area contributed by atoms with Gasteiger partial charge in [0.05, 0.1) is 18.8 Å². The van der Waals surface area contributed by atoms with Gasteiger partial charge in [-0.1, -0.05) is 18.2 Å². The number of rotatable bonds is 6. The molecule has 2 aromatic rings. The Morgan fingerprint density at radius 3 is 2.66 bits per heavy atom. The van der Waals surface area contributed by atoms with Gasteiger partial charge in [-0.05, 0) is 55.0 Å². The van der Waals surface area contributed by atoms with Crippen LogP contribution in [0.25, 0.3) is 0 Å². The molecule has 5 nitrogen and oxygen atoms in total. The Morgan fingerprint density at radius 2 is 1.97 bits per heavy atom. The quantitative estimate of drug-likeness (QED) is 0.626. The number of alkyl halides is 4. The molecule has 1 fully saturated rings. The smallest absolute Gasteiger partial charge is 0.387 e. The van der Waals surface area contributed by atoms with E-state index >= 15 is 0 Å². The Kier molecular flexibility index (Phi) is 6.13. The largest absolute Gasteiger partial charge is 0.434 e. The summed E-state index contributed by atoms with van der Waals surface area (Å²) in [5, 5.41) is 12.2. The third-order valence-electron chi connectivity index (χ3n) is 5.95. The monoisotopic (exact) mass is 453 g/mol. The number of carbonyl (C=O) groups excluding carboxylic acids is 1. The summed E-state index contributed by atoms with van der Waals surface area (Å²) in [6, 6.07) is 8.08. The van der Waals surface area contributed by atoms with Crippen LogP contribution in [-0.4, -0.2) is 30.3 Å². The summed E-state index contributed by atoms with van der Waals surface area (Å²) >= 11 is 0. The minimum absolute atomic E-state index is 0.0225. The van der Waals surface area contributed by atoms with Gasteiger partial charge in [0, 0.05) is 16.7 Å². The highest BCUT2D eigenvalue weighted by atomic mass is 19.3. The standard InChI is InChI=1S/C23H23F4NO4/c1-12(18-4-2-13(15-7-17(29)8-15)9-20(18)32-22(24)25)28-21(30)14-3-5-19-16(6-14)10-31-11-23(19,26)27/h2-6,9,12,15,17,22,29H,7-8,10-11H2,1H3,(H,28,30)/t12-,15?,17?/m0/s1. The molecule has 4 rings (SSSR count). The van der Waals surface area contributed by atoms with E-state index in [9.17, 15) is 27.5 Å². The van der Waals surface area contributed by atoms with E-state index in [4.69, 9.17) is 9.47 Å². The van der Waals surface area contributed by atoms with Crippen LogP contribution in [0.3, 0.4) is 0 Å². The van der Waals surface area contributed by atoms with E-state index in [1.807, 2.05) is 0 Å². The second-order valence-corrected chi connectivity index (χ2v) is 8.26. The van der Waals surface area contributed by atoms with Crippen molar-refractivity contribution in [3.8, 4) is 5.75 Å². The normalized spacial score (nSPS) is 22.6. The number of fused-ring (bicyclic) bond motifs is 1. The second kappa shape index (κ2) is 8.71. The first-order chi connectivity index (χ1) is 15.1. The predicted molar refractivity (Wildman–Crippen MR) is 107 cm³/mol. The van der Waals surface area contributed by atoms with E-state index in [2.05, 4.69) is 5.32 Å². The fourth-order valence-electron chi connectivity index (χ4n) is 4.16. The average Bonchev–Trinajstić information content (AvgIpc) is 2.70. The van der Waals surface area contributed by atoms with Crippen molar-refractivity contribution in [3.05, 3.63) is 64.2 Å². The van der Waals surface area contributed by atoms with E-state index in [-0.39, 0.29) is 41.1 Å². The van der Waals surface area contributed by atoms with E-state index in [0.29, 0.717) is 18.4 Å². The maximum atomic E-state index is 13.9. The molecule has 0 radical (unpaired) electrons. The number of nitrogens with one attached hydrogen (secondary N) is 1. The maximum absolute atomic E-state index is 13.9. The molecule has 1 heterocycles. The lowest BCUT2D eigenvalue weighted by Gasteiger charge is -2.32. The first kappa shape index (κ1) is 22.5. The summed E-state index contributed by atoms with van der Waals surface area (Å²) in [7, 11) is 0. The highest BCUT2D eigenvalue weighted by Crippen LogP contribution is 2.40. The Hall–Kier alpha value is -2.65. The fraction of sp³-hybridized carbons (Fsp3) is 0.435. The number of carbonyl (C=O) groups is 1. The van der Waals surface area contributed by atoms with Crippen LogP contribution < -0.4 is 10.1 Å². The van der Waals surface area contributed by atoms with Crippen molar-refractivity contribution in [1.82, 2.24) is 5.32 Å². The fourth-order valence-corrected chi connectivity index (χ4v) is 4.16.